The van der Waals surface area contributed by atoms with Crippen molar-refractivity contribution in [2.45, 2.75) is 6.54 Å². The molecule has 0 aliphatic heterocycles. The fourth-order valence-electron chi connectivity index (χ4n) is 1.47. The molecule has 0 atom stereocenters. The molecule has 2 aromatic rings. The van der Waals surface area contributed by atoms with Crippen LogP contribution >= 0.6 is 0 Å². The van der Waals surface area contributed by atoms with Gasteiger partial charge >= 0.3 is 0 Å². The predicted octanol–water partition coefficient (Wildman–Crippen LogP) is 1.54. The number of para-hydroxylation sites is 1. The number of imidazole rings is 1. The van der Waals surface area contributed by atoms with E-state index >= 15 is 0 Å². The van der Waals surface area contributed by atoms with Crippen LogP contribution in [-0.2, 0) is 6.54 Å². The second kappa shape index (κ2) is 4.14. The van der Waals surface area contributed by atoms with Gasteiger partial charge in [0.1, 0.15) is 11.6 Å². The lowest BCUT2D eigenvalue weighted by molar-refractivity contribution is 0.416. The number of nitrogens with two attached hydrogens (primary N) is 1. The molecule has 15 heavy (non-hydrogen) atoms. The Morgan fingerprint density at radius 3 is 2.87 bits per heavy atom. The topological polar surface area (TPSA) is 63.9 Å². The van der Waals surface area contributed by atoms with E-state index in [1.165, 1.54) is 0 Å². The molecule has 0 unspecified atom stereocenters. The van der Waals surface area contributed by atoms with E-state index in [2.05, 4.69) is 9.97 Å². The molecule has 1 aromatic heterocycles. The standard InChI is InChI=1S/C11H13N3O/c1-15-10-5-3-2-4-8(10)9-7-13-11(6-12)14-9/h2-5,7H,6,12H2,1H3,(H,13,14). The van der Waals surface area contributed by atoms with Gasteiger partial charge in [0, 0.05) is 5.56 Å². The molecule has 0 fully saturated rings. The maximum Gasteiger partial charge on any atom is 0.128 e. The monoisotopic (exact) mass is 203 g/mol. The first-order chi connectivity index (χ1) is 7.35. The van der Waals surface area contributed by atoms with Gasteiger partial charge in [0.15, 0.2) is 0 Å². The summed E-state index contributed by atoms with van der Waals surface area (Å²) in [6.45, 7) is 0.412. The van der Waals surface area contributed by atoms with Gasteiger partial charge in [-0.2, -0.15) is 0 Å². The third-order valence-corrected chi connectivity index (χ3v) is 2.22. The van der Waals surface area contributed by atoms with E-state index in [-0.39, 0.29) is 0 Å². The first kappa shape index (κ1) is 9.73. The fraction of sp³-hybridized carbons (Fsp3) is 0.182. The first-order valence-corrected chi connectivity index (χ1v) is 4.72. The minimum absolute atomic E-state index is 0.412. The van der Waals surface area contributed by atoms with Gasteiger partial charge in [-0.1, -0.05) is 12.1 Å². The van der Waals surface area contributed by atoms with Crippen LogP contribution < -0.4 is 10.5 Å². The summed E-state index contributed by atoms with van der Waals surface area (Å²) >= 11 is 0. The van der Waals surface area contributed by atoms with Gasteiger partial charge in [-0.3, -0.25) is 0 Å². The summed E-state index contributed by atoms with van der Waals surface area (Å²) in [5.74, 6) is 1.60. The molecule has 0 aliphatic carbocycles. The molecule has 3 N–H and O–H groups in total. The highest BCUT2D eigenvalue weighted by Crippen LogP contribution is 2.27. The number of methoxy groups -OCH3 is 1. The van der Waals surface area contributed by atoms with E-state index in [0.717, 1.165) is 22.8 Å². The van der Waals surface area contributed by atoms with Crippen molar-refractivity contribution in [1.82, 2.24) is 9.97 Å². The Balaban J connectivity index is 2.44. The molecular weight excluding hydrogens is 190 g/mol. The molecule has 0 bridgehead atoms. The van der Waals surface area contributed by atoms with Crippen LogP contribution in [0.15, 0.2) is 30.5 Å². The summed E-state index contributed by atoms with van der Waals surface area (Å²) in [5.41, 5.74) is 7.40. The van der Waals surface area contributed by atoms with Gasteiger partial charge in [0.25, 0.3) is 0 Å². The molecule has 1 heterocycles. The summed E-state index contributed by atoms with van der Waals surface area (Å²) < 4.78 is 5.26. The highest BCUT2D eigenvalue weighted by atomic mass is 16.5. The van der Waals surface area contributed by atoms with Crippen molar-refractivity contribution in [2.24, 2.45) is 5.73 Å². The Kier molecular flexibility index (Phi) is 2.69. The van der Waals surface area contributed by atoms with Gasteiger partial charge in [0.05, 0.1) is 25.5 Å². The lowest BCUT2D eigenvalue weighted by Gasteiger charge is -2.05. The molecule has 2 rings (SSSR count). The van der Waals surface area contributed by atoms with Gasteiger partial charge in [0.2, 0.25) is 0 Å². The molecule has 0 aliphatic rings. The normalized spacial score (nSPS) is 10.3. The summed E-state index contributed by atoms with van der Waals surface area (Å²) in [7, 11) is 1.65. The van der Waals surface area contributed by atoms with Crippen LogP contribution in [0.4, 0.5) is 0 Å². The van der Waals surface area contributed by atoms with E-state index < -0.39 is 0 Å². The summed E-state index contributed by atoms with van der Waals surface area (Å²) in [5, 5.41) is 0. The number of H-pyrrole nitrogens is 1. The smallest absolute Gasteiger partial charge is 0.128 e. The third-order valence-electron chi connectivity index (χ3n) is 2.22. The van der Waals surface area contributed by atoms with Crippen molar-refractivity contribution in [3.63, 3.8) is 0 Å². The molecule has 78 valence electrons. The average Bonchev–Trinajstić information content (AvgIpc) is 2.77. The van der Waals surface area contributed by atoms with Gasteiger partial charge in [-0.25, -0.2) is 4.98 Å². The predicted molar refractivity (Wildman–Crippen MR) is 58.5 cm³/mol. The molecule has 0 saturated heterocycles. The second-order valence-electron chi connectivity index (χ2n) is 3.15. The number of hydrogen-bond donors (Lipinski definition) is 2. The highest BCUT2D eigenvalue weighted by Gasteiger charge is 2.06. The van der Waals surface area contributed by atoms with Crippen LogP contribution in [0.2, 0.25) is 0 Å². The number of nitrogens with one attached hydrogen (secondary N) is 1. The van der Waals surface area contributed by atoms with E-state index in [1.54, 1.807) is 13.3 Å². The zero-order valence-corrected chi connectivity index (χ0v) is 8.53. The van der Waals surface area contributed by atoms with Crippen LogP contribution in [0.25, 0.3) is 11.3 Å². The van der Waals surface area contributed by atoms with Crippen molar-refractivity contribution in [3.8, 4) is 17.0 Å². The van der Waals surface area contributed by atoms with E-state index in [9.17, 15) is 0 Å². The molecule has 4 nitrogen and oxygen atoms in total. The zero-order valence-electron chi connectivity index (χ0n) is 8.53. The van der Waals surface area contributed by atoms with Crippen LogP contribution in [0.3, 0.4) is 0 Å². The van der Waals surface area contributed by atoms with Gasteiger partial charge in [-0.05, 0) is 12.1 Å². The maximum atomic E-state index is 5.49. The number of aromatic amines is 1. The number of hydrogen-bond acceptors (Lipinski definition) is 3. The lowest BCUT2D eigenvalue weighted by Crippen LogP contribution is -1.97. The summed E-state index contributed by atoms with van der Waals surface area (Å²) in [6.07, 6.45) is 1.76. The molecule has 0 amide bonds. The molecule has 4 heteroatoms. The fourth-order valence-corrected chi connectivity index (χ4v) is 1.47. The number of ether oxygens (including phenoxy) is 1. The van der Waals surface area contributed by atoms with Gasteiger partial charge in [-0.15, -0.1) is 0 Å². The van der Waals surface area contributed by atoms with Crippen LogP contribution in [0.5, 0.6) is 5.75 Å². The van der Waals surface area contributed by atoms with Crippen molar-refractivity contribution >= 4 is 0 Å². The van der Waals surface area contributed by atoms with Crippen LogP contribution in [-0.4, -0.2) is 17.1 Å². The first-order valence-electron chi connectivity index (χ1n) is 4.72. The Morgan fingerprint density at radius 1 is 1.40 bits per heavy atom. The van der Waals surface area contributed by atoms with Crippen molar-refractivity contribution < 1.29 is 4.74 Å². The number of rotatable bonds is 3. The average molecular weight is 203 g/mol. The number of benzene rings is 1. The van der Waals surface area contributed by atoms with Crippen molar-refractivity contribution in [3.05, 3.63) is 36.3 Å². The minimum atomic E-state index is 0.412. The second-order valence-corrected chi connectivity index (χ2v) is 3.15. The van der Waals surface area contributed by atoms with E-state index in [1.807, 2.05) is 24.3 Å². The number of aromatic nitrogens is 2. The molecule has 1 aromatic carbocycles. The number of nitrogens with zero attached hydrogens (tertiary/aromatic N) is 1. The quantitative estimate of drug-likeness (QED) is 0.795. The largest absolute Gasteiger partial charge is 0.496 e. The molecular formula is C11H13N3O. The minimum Gasteiger partial charge on any atom is -0.496 e. The Morgan fingerprint density at radius 2 is 2.20 bits per heavy atom. The Hall–Kier alpha value is -1.81. The SMILES string of the molecule is COc1ccccc1-c1cnc(CN)[nH]1. The summed E-state index contributed by atoms with van der Waals surface area (Å²) in [4.78, 5) is 7.29. The summed E-state index contributed by atoms with van der Waals surface area (Å²) in [6, 6.07) is 7.79. The van der Waals surface area contributed by atoms with E-state index in [0.29, 0.717) is 6.54 Å². The third kappa shape index (κ3) is 1.85. The van der Waals surface area contributed by atoms with E-state index in [4.69, 9.17) is 10.5 Å². The highest BCUT2D eigenvalue weighted by molar-refractivity contribution is 5.66. The Bertz CT molecular complexity index is 451. The molecule has 0 saturated carbocycles. The molecule has 0 spiro atoms. The van der Waals surface area contributed by atoms with Crippen LogP contribution in [0.1, 0.15) is 5.82 Å². The van der Waals surface area contributed by atoms with Gasteiger partial charge < -0.3 is 15.5 Å². The zero-order chi connectivity index (χ0) is 10.7. The molecule has 0 radical (unpaired) electrons. The maximum absolute atomic E-state index is 5.49. The van der Waals surface area contributed by atoms with Crippen molar-refractivity contribution in [2.75, 3.05) is 7.11 Å². The lowest BCUT2D eigenvalue weighted by atomic mass is 10.1. The van der Waals surface area contributed by atoms with Crippen LogP contribution in [0, 0.1) is 0 Å². The van der Waals surface area contributed by atoms with Crippen molar-refractivity contribution in [1.29, 1.82) is 0 Å². The Labute approximate surface area is 88.1 Å².